The van der Waals surface area contributed by atoms with Gasteiger partial charge in [0.05, 0.1) is 24.4 Å². The molecule has 0 radical (unpaired) electrons. The van der Waals surface area contributed by atoms with E-state index < -0.39 is 16.8 Å². The minimum atomic E-state index is -1.10. The summed E-state index contributed by atoms with van der Waals surface area (Å²) < 4.78 is 17.3. The first-order valence-electron chi connectivity index (χ1n) is 5.23. The summed E-state index contributed by atoms with van der Waals surface area (Å²) in [7, 11) is -1.10. The van der Waals surface area contributed by atoms with Gasteiger partial charge in [-0.15, -0.1) is 0 Å². The second kappa shape index (κ2) is 5.61. The fourth-order valence-corrected chi connectivity index (χ4v) is 2.96. The highest BCUT2D eigenvalue weighted by molar-refractivity contribution is 7.85. The van der Waals surface area contributed by atoms with Crippen molar-refractivity contribution < 1.29 is 18.8 Å². The summed E-state index contributed by atoms with van der Waals surface area (Å²) in [5.41, 5.74) is 0. The Morgan fingerprint density at radius 2 is 2.27 bits per heavy atom. The first kappa shape index (κ1) is 12.6. The Balaban J connectivity index is 2.31. The Morgan fingerprint density at radius 1 is 1.60 bits per heavy atom. The lowest BCUT2D eigenvalue weighted by Gasteiger charge is -2.13. The predicted octanol–water partition coefficient (Wildman–Crippen LogP) is 1.17. The first-order valence-corrected chi connectivity index (χ1v) is 6.61. The van der Waals surface area contributed by atoms with Crippen LogP contribution in [0, 0.1) is 0 Å². The van der Waals surface area contributed by atoms with Crippen molar-refractivity contribution in [2.24, 2.45) is 0 Å². The van der Waals surface area contributed by atoms with Crippen LogP contribution >= 0.6 is 0 Å². The summed E-state index contributed by atoms with van der Waals surface area (Å²) in [6, 6.07) is 0. The second-order valence-corrected chi connectivity index (χ2v) is 6.00. The summed E-state index contributed by atoms with van der Waals surface area (Å²) in [4.78, 5) is 10.4. The van der Waals surface area contributed by atoms with Crippen LogP contribution < -0.4 is 0 Å². The van der Waals surface area contributed by atoms with E-state index >= 15 is 0 Å². The lowest BCUT2D eigenvalue weighted by molar-refractivity contribution is -0.136. The van der Waals surface area contributed by atoms with Gasteiger partial charge >= 0.3 is 5.97 Å². The Kier molecular flexibility index (Phi) is 4.73. The highest BCUT2D eigenvalue weighted by Crippen LogP contribution is 2.20. The van der Waals surface area contributed by atoms with E-state index in [1.165, 1.54) is 0 Å². The third-order valence-electron chi connectivity index (χ3n) is 2.58. The first-order chi connectivity index (χ1) is 6.99. The van der Waals surface area contributed by atoms with Crippen LogP contribution in [0.5, 0.6) is 0 Å². The zero-order chi connectivity index (χ0) is 11.4. The molecule has 0 aliphatic carbocycles. The Morgan fingerprint density at radius 3 is 2.73 bits per heavy atom. The van der Waals surface area contributed by atoms with Gasteiger partial charge in [-0.05, 0) is 19.8 Å². The smallest absolute Gasteiger partial charge is 0.304 e. The Labute approximate surface area is 92.5 Å². The van der Waals surface area contributed by atoms with Gasteiger partial charge in [0.2, 0.25) is 0 Å². The van der Waals surface area contributed by atoms with Gasteiger partial charge in [0.15, 0.2) is 0 Å². The molecule has 0 aromatic heterocycles. The number of rotatable bonds is 5. The van der Waals surface area contributed by atoms with Gasteiger partial charge in [-0.25, -0.2) is 0 Å². The zero-order valence-corrected chi connectivity index (χ0v) is 9.96. The van der Waals surface area contributed by atoms with Crippen molar-refractivity contribution in [2.45, 2.75) is 50.6 Å². The van der Waals surface area contributed by atoms with Crippen molar-refractivity contribution in [3.63, 3.8) is 0 Å². The van der Waals surface area contributed by atoms with Gasteiger partial charge in [0, 0.05) is 16.0 Å². The quantitative estimate of drug-likeness (QED) is 0.775. The number of carbonyl (C=O) groups is 1. The van der Waals surface area contributed by atoms with Gasteiger partial charge in [0.1, 0.15) is 0 Å². The molecule has 1 aliphatic heterocycles. The molecule has 5 heteroatoms. The molecular weight excluding hydrogens is 216 g/mol. The van der Waals surface area contributed by atoms with Gasteiger partial charge in [0.25, 0.3) is 0 Å². The van der Waals surface area contributed by atoms with Gasteiger partial charge in [-0.3, -0.25) is 9.00 Å². The number of carboxylic acids is 1. The molecule has 1 heterocycles. The molecule has 4 nitrogen and oxygen atoms in total. The number of hydrogen-bond acceptors (Lipinski definition) is 3. The van der Waals surface area contributed by atoms with Gasteiger partial charge < -0.3 is 9.84 Å². The average molecular weight is 234 g/mol. The van der Waals surface area contributed by atoms with E-state index in [4.69, 9.17) is 9.84 Å². The molecule has 88 valence electrons. The monoisotopic (exact) mass is 234 g/mol. The van der Waals surface area contributed by atoms with Crippen LogP contribution in [-0.4, -0.2) is 38.5 Å². The summed E-state index contributed by atoms with van der Waals surface area (Å²) >= 11 is 0. The summed E-state index contributed by atoms with van der Waals surface area (Å²) in [6.45, 7) is 3.71. The lowest BCUT2D eigenvalue weighted by atomic mass is 10.2. The van der Waals surface area contributed by atoms with Crippen molar-refractivity contribution in [3.05, 3.63) is 0 Å². The molecule has 1 fully saturated rings. The fraction of sp³-hybridized carbons (Fsp3) is 0.900. The largest absolute Gasteiger partial charge is 0.481 e. The van der Waals surface area contributed by atoms with E-state index in [1.807, 2.05) is 6.92 Å². The number of ether oxygens (including phenoxy) is 1. The number of hydrogen-bond donors (Lipinski definition) is 1. The average Bonchev–Trinajstić information content (AvgIpc) is 2.50. The molecule has 0 aromatic rings. The van der Waals surface area contributed by atoms with Crippen LogP contribution in [0.15, 0.2) is 0 Å². The number of carboxylic acid groups (broad SMARTS) is 1. The molecule has 4 atom stereocenters. The van der Waals surface area contributed by atoms with Crippen LogP contribution in [0.2, 0.25) is 0 Å². The molecule has 0 spiro atoms. The van der Waals surface area contributed by atoms with Crippen molar-refractivity contribution in [2.75, 3.05) is 5.75 Å². The van der Waals surface area contributed by atoms with E-state index in [0.717, 1.165) is 12.8 Å². The van der Waals surface area contributed by atoms with Crippen LogP contribution in [0.25, 0.3) is 0 Å². The minimum Gasteiger partial charge on any atom is -0.481 e. The molecule has 1 rings (SSSR count). The van der Waals surface area contributed by atoms with Crippen molar-refractivity contribution in [3.8, 4) is 0 Å². The van der Waals surface area contributed by atoms with E-state index in [-0.39, 0.29) is 23.9 Å². The number of aliphatic carboxylic acids is 1. The highest BCUT2D eigenvalue weighted by Gasteiger charge is 2.25. The normalized spacial score (nSPS) is 30.0. The molecule has 0 saturated carbocycles. The highest BCUT2D eigenvalue weighted by atomic mass is 32.2. The topological polar surface area (TPSA) is 63.6 Å². The maximum absolute atomic E-state index is 11.7. The van der Waals surface area contributed by atoms with E-state index in [9.17, 15) is 9.00 Å². The lowest BCUT2D eigenvalue weighted by Crippen LogP contribution is -2.25. The van der Waals surface area contributed by atoms with Crippen molar-refractivity contribution in [1.82, 2.24) is 0 Å². The van der Waals surface area contributed by atoms with Crippen LogP contribution in [-0.2, 0) is 20.3 Å². The standard InChI is InChI=1S/C10H18O4S/c1-7-3-4-9(14-7)6-15(13)8(2)5-10(11)12/h7-9H,3-6H2,1-2H3,(H,11,12). The fourth-order valence-electron chi connectivity index (χ4n) is 1.69. The molecule has 0 amide bonds. The Hall–Kier alpha value is -0.420. The summed E-state index contributed by atoms with van der Waals surface area (Å²) in [5, 5.41) is 8.28. The zero-order valence-electron chi connectivity index (χ0n) is 9.14. The maximum Gasteiger partial charge on any atom is 0.304 e. The molecular formula is C10H18O4S. The second-order valence-electron chi connectivity index (χ2n) is 4.10. The van der Waals surface area contributed by atoms with Crippen LogP contribution in [0.4, 0.5) is 0 Å². The molecule has 15 heavy (non-hydrogen) atoms. The molecule has 0 aromatic carbocycles. The summed E-state index contributed by atoms with van der Waals surface area (Å²) in [5.74, 6) is -0.421. The molecule has 1 saturated heterocycles. The van der Waals surface area contributed by atoms with Crippen LogP contribution in [0.3, 0.4) is 0 Å². The summed E-state index contributed by atoms with van der Waals surface area (Å²) in [6.07, 6.45) is 2.22. The van der Waals surface area contributed by atoms with Gasteiger partial charge in [-0.1, -0.05) is 6.92 Å². The Bertz CT molecular complexity index is 254. The molecule has 1 aliphatic rings. The van der Waals surface area contributed by atoms with Crippen molar-refractivity contribution >= 4 is 16.8 Å². The van der Waals surface area contributed by atoms with E-state index in [0.29, 0.717) is 5.75 Å². The van der Waals surface area contributed by atoms with Crippen molar-refractivity contribution in [1.29, 1.82) is 0 Å². The van der Waals surface area contributed by atoms with Gasteiger partial charge in [-0.2, -0.15) is 0 Å². The third kappa shape index (κ3) is 4.30. The SMILES string of the molecule is CC1CCC(CS(=O)C(C)CC(=O)O)O1. The van der Waals surface area contributed by atoms with Crippen LogP contribution in [0.1, 0.15) is 33.1 Å². The van der Waals surface area contributed by atoms with E-state index in [2.05, 4.69) is 0 Å². The molecule has 0 bridgehead atoms. The molecule has 1 N–H and O–H groups in total. The third-order valence-corrected chi connectivity index (χ3v) is 4.35. The predicted molar refractivity (Wildman–Crippen MR) is 58.3 cm³/mol. The van der Waals surface area contributed by atoms with E-state index in [1.54, 1.807) is 6.92 Å². The minimum absolute atomic E-state index is 0.0329. The maximum atomic E-state index is 11.7. The molecule has 4 unspecified atom stereocenters.